The van der Waals surface area contributed by atoms with E-state index in [1.54, 1.807) is 31.2 Å². The predicted molar refractivity (Wildman–Crippen MR) is 130 cm³/mol. The number of oxime groups is 1. The van der Waals surface area contributed by atoms with Crippen LogP contribution in [0, 0.1) is 6.92 Å². The third kappa shape index (κ3) is 5.86. The van der Waals surface area contributed by atoms with Crippen molar-refractivity contribution in [3.63, 3.8) is 0 Å². The molecule has 0 unspecified atom stereocenters. The van der Waals surface area contributed by atoms with Gasteiger partial charge in [-0.3, -0.25) is 0 Å². The Morgan fingerprint density at radius 1 is 0.943 bits per heavy atom. The first-order valence-electron chi connectivity index (χ1n) is 10.8. The van der Waals surface area contributed by atoms with Crippen molar-refractivity contribution in [1.29, 1.82) is 0 Å². The lowest BCUT2D eigenvalue weighted by Crippen LogP contribution is -2.13. The summed E-state index contributed by atoms with van der Waals surface area (Å²) in [6, 6.07) is 24.5. The van der Waals surface area contributed by atoms with Gasteiger partial charge in [-0.1, -0.05) is 64.9 Å². The zero-order valence-corrected chi connectivity index (χ0v) is 19.3. The fraction of sp³-hybridized carbons (Fsp3) is 0.148. The van der Waals surface area contributed by atoms with Crippen molar-refractivity contribution in [1.82, 2.24) is 5.16 Å². The maximum absolute atomic E-state index is 11.4. The third-order valence-corrected chi connectivity index (χ3v) is 5.22. The van der Waals surface area contributed by atoms with Gasteiger partial charge in [-0.25, -0.2) is 4.79 Å². The van der Waals surface area contributed by atoms with Crippen molar-refractivity contribution in [2.24, 2.45) is 5.16 Å². The molecule has 1 heterocycles. The molecule has 0 saturated heterocycles. The molecule has 3 aromatic carbocycles. The largest absolute Gasteiger partial charge is 0.489 e. The molecule has 0 amide bonds. The van der Waals surface area contributed by atoms with E-state index in [0.717, 1.165) is 11.1 Å². The number of carbonyl (C=O) groups is 1. The average Bonchev–Trinajstić information content (AvgIpc) is 3.28. The van der Waals surface area contributed by atoms with E-state index in [2.05, 4.69) is 10.3 Å². The Morgan fingerprint density at radius 3 is 2.26 bits per heavy atom. The molecule has 1 N–H and O–H groups in total. The molecule has 4 rings (SSSR count). The smallest absolute Gasteiger partial charge is 0.358 e. The number of nitrogens with zero attached hydrogens (tertiary/aromatic N) is 2. The van der Waals surface area contributed by atoms with Gasteiger partial charge in [0, 0.05) is 5.56 Å². The van der Waals surface area contributed by atoms with Gasteiger partial charge in [0.2, 0.25) is 0 Å². The van der Waals surface area contributed by atoms with E-state index in [0.29, 0.717) is 40.7 Å². The Bertz CT molecular complexity index is 1300. The molecule has 0 atom stereocenters. The summed E-state index contributed by atoms with van der Waals surface area (Å²) in [5, 5.41) is 17.0. The van der Waals surface area contributed by atoms with Gasteiger partial charge in [0.15, 0.2) is 5.69 Å². The van der Waals surface area contributed by atoms with E-state index >= 15 is 0 Å². The van der Waals surface area contributed by atoms with E-state index in [4.69, 9.17) is 18.8 Å². The van der Waals surface area contributed by atoms with Crippen LogP contribution in [-0.2, 0) is 11.4 Å². The summed E-state index contributed by atoms with van der Waals surface area (Å²) in [5.41, 5.74) is 3.65. The predicted octanol–water partition coefficient (Wildman–Crippen LogP) is 5.36. The SMILES string of the molecule is CO/N=C(/COc1ccc(COc2ccc(-c3c(C(=O)O)noc3C)cc2)cc1)c1ccccc1. The molecule has 178 valence electrons. The first-order valence-corrected chi connectivity index (χ1v) is 10.8. The molecule has 0 aliphatic carbocycles. The van der Waals surface area contributed by atoms with Crippen LogP contribution in [0.15, 0.2) is 88.5 Å². The number of ether oxygens (including phenoxy) is 2. The van der Waals surface area contributed by atoms with Gasteiger partial charge in [-0.15, -0.1) is 0 Å². The van der Waals surface area contributed by atoms with Gasteiger partial charge >= 0.3 is 5.97 Å². The van der Waals surface area contributed by atoms with Crippen LogP contribution in [0.25, 0.3) is 11.1 Å². The molecule has 0 radical (unpaired) electrons. The zero-order chi connectivity index (χ0) is 24.6. The van der Waals surface area contributed by atoms with Gasteiger partial charge < -0.3 is 23.9 Å². The van der Waals surface area contributed by atoms with Crippen LogP contribution in [0.2, 0.25) is 0 Å². The van der Waals surface area contributed by atoms with Crippen LogP contribution >= 0.6 is 0 Å². The highest BCUT2D eigenvalue weighted by Gasteiger charge is 2.20. The van der Waals surface area contributed by atoms with Gasteiger partial charge in [-0.05, 0) is 42.3 Å². The Morgan fingerprint density at radius 2 is 1.60 bits per heavy atom. The van der Waals surface area contributed by atoms with E-state index in [1.807, 2.05) is 54.6 Å². The molecule has 0 bridgehead atoms. The highest BCUT2D eigenvalue weighted by Crippen LogP contribution is 2.29. The number of carboxylic acid groups (broad SMARTS) is 1. The van der Waals surface area contributed by atoms with E-state index in [-0.39, 0.29) is 12.3 Å². The summed E-state index contributed by atoms with van der Waals surface area (Å²) in [6.45, 7) is 2.32. The summed E-state index contributed by atoms with van der Waals surface area (Å²) in [6.07, 6.45) is 0. The van der Waals surface area contributed by atoms with Crippen LogP contribution in [0.1, 0.15) is 27.4 Å². The average molecular weight is 472 g/mol. The van der Waals surface area contributed by atoms with Crippen molar-refractivity contribution in [3.8, 4) is 22.6 Å². The number of hydrogen-bond acceptors (Lipinski definition) is 7. The van der Waals surface area contributed by atoms with Gasteiger partial charge in [-0.2, -0.15) is 0 Å². The highest BCUT2D eigenvalue weighted by atomic mass is 16.6. The highest BCUT2D eigenvalue weighted by molar-refractivity contribution is 6.01. The van der Waals surface area contributed by atoms with E-state index in [1.165, 1.54) is 7.11 Å². The normalized spacial score (nSPS) is 11.2. The van der Waals surface area contributed by atoms with Crippen molar-refractivity contribution in [3.05, 3.63) is 101 Å². The summed E-state index contributed by atoms with van der Waals surface area (Å²) in [5.74, 6) is 0.675. The van der Waals surface area contributed by atoms with Crippen LogP contribution in [0.3, 0.4) is 0 Å². The van der Waals surface area contributed by atoms with Crippen molar-refractivity contribution >= 4 is 11.7 Å². The fourth-order valence-electron chi connectivity index (χ4n) is 3.48. The molecular weight excluding hydrogens is 448 g/mol. The maximum atomic E-state index is 11.4. The van der Waals surface area contributed by atoms with Crippen molar-refractivity contribution < 1.29 is 28.7 Å². The maximum Gasteiger partial charge on any atom is 0.358 e. The molecule has 0 saturated carbocycles. The fourth-order valence-corrected chi connectivity index (χ4v) is 3.48. The second-order valence-corrected chi connectivity index (χ2v) is 7.60. The lowest BCUT2D eigenvalue weighted by molar-refractivity contribution is 0.0686. The summed E-state index contributed by atoms with van der Waals surface area (Å²) >= 11 is 0. The summed E-state index contributed by atoms with van der Waals surface area (Å²) in [4.78, 5) is 16.3. The van der Waals surface area contributed by atoms with Crippen molar-refractivity contribution in [2.45, 2.75) is 13.5 Å². The molecule has 0 aliphatic rings. The Hall–Kier alpha value is -4.59. The quantitative estimate of drug-likeness (QED) is 0.245. The lowest BCUT2D eigenvalue weighted by Gasteiger charge is -2.10. The third-order valence-electron chi connectivity index (χ3n) is 5.22. The standard InChI is InChI=1S/C27H24N2O6/c1-18-25(26(27(30)31)29-35-18)21-10-14-23(15-11-21)33-16-19-8-12-22(13-9-19)34-17-24(28-32-2)20-6-4-3-5-7-20/h3-15H,16-17H2,1-2H3,(H,30,31)/b28-24-. The number of benzene rings is 3. The summed E-state index contributed by atoms with van der Waals surface area (Å²) in [7, 11) is 1.51. The van der Waals surface area contributed by atoms with Gasteiger partial charge in [0.1, 0.15) is 43.3 Å². The number of rotatable bonds is 10. The Labute approximate surface area is 202 Å². The Balaban J connectivity index is 1.34. The van der Waals surface area contributed by atoms with Crippen LogP contribution in [0.5, 0.6) is 11.5 Å². The second-order valence-electron chi connectivity index (χ2n) is 7.60. The van der Waals surface area contributed by atoms with Crippen molar-refractivity contribution in [2.75, 3.05) is 13.7 Å². The second kappa shape index (κ2) is 11.0. The topological polar surface area (TPSA) is 103 Å². The van der Waals surface area contributed by atoms with E-state index < -0.39 is 5.97 Å². The molecule has 0 spiro atoms. The monoisotopic (exact) mass is 472 g/mol. The molecule has 8 heteroatoms. The number of aromatic nitrogens is 1. The molecule has 0 fully saturated rings. The van der Waals surface area contributed by atoms with Crippen LogP contribution in [-0.4, -0.2) is 35.7 Å². The van der Waals surface area contributed by atoms with Gasteiger partial charge in [0.05, 0.1) is 5.56 Å². The molecule has 4 aromatic rings. The zero-order valence-electron chi connectivity index (χ0n) is 19.3. The first-order chi connectivity index (χ1) is 17.0. The minimum atomic E-state index is -1.13. The van der Waals surface area contributed by atoms with Crippen LogP contribution in [0.4, 0.5) is 0 Å². The molecule has 8 nitrogen and oxygen atoms in total. The van der Waals surface area contributed by atoms with Crippen LogP contribution < -0.4 is 9.47 Å². The molecular formula is C27H24N2O6. The van der Waals surface area contributed by atoms with E-state index in [9.17, 15) is 9.90 Å². The number of aromatic carboxylic acids is 1. The lowest BCUT2D eigenvalue weighted by atomic mass is 10.0. The minimum absolute atomic E-state index is 0.108. The number of aryl methyl sites for hydroxylation is 1. The number of hydrogen-bond donors (Lipinski definition) is 1. The summed E-state index contributed by atoms with van der Waals surface area (Å²) < 4.78 is 16.8. The molecule has 1 aromatic heterocycles. The molecule has 0 aliphatic heterocycles. The Kier molecular flexibility index (Phi) is 7.42. The minimum Gasteiger partial charge on any atom is -0.489 e. The number of carboxylic acids is 1. The molecule has 35 heavy (non-hydrogen) atoms. The van der Waals surface area contributed by atoms with Gasteiger partial charge in [0.25, 0.3) is 0 Å². The first kappa shape index (κ1) is 23.6.